The van der Waals surface area contributed by atoms with Gasteiger partial charge in [0.1, 0.15) is 5.75 Å². The number of hydrogen-bond donors (Lipinski definition) is 0. The minimum absolute atomic E-state index is 0.0139. The Labute approximate surface area is 206 Å². The number of amides is 1. The van der Waals surface area contributed by atoms with Crippen molar-refractivity contribution < 1.29 is 9.53 Å². The molecule has 0 radical (unpaired) electrons. The normalized spacial score (nSPS) is 15.5. The fourth-order valence-corrected chi connectivity index (χ4v) is 4.62. The van der Waals surface area contributed by atoms with Crippen LogP contribution in [-0.4, -0.2) is 42.2 Å². The van der Waals surface area contributed by atoms with E-state index in [0.717, 1.165) is 22.6 Å². The van der Waals surface area contributed by atoms with Gasteiger partial charge in [-0.15, -0.1) is 0 Å². The van der Waals surface area contributed by atoms with Crippen molar-refractivity contribution in [3.8, 4) is 5.75 Å². The fourth-order valence-electron chi connectivity index (χ4n) is 4.62. The van der Waals surface area contributed by atoms with E-state index in [2.05, 4.69) is 42.5 Å². The summed E-state index contributed by atoms with van der Waals surface area (Å²) in [5.74, 6) is 0.780. The number of benzene rings is 4. The SMILES string of the molecule is COc1ccc([C@@H]2CC(c3ccc4ccccc4c3)=NN2C(=O)CN(C)Cc2ccccc2)cc1. The molecule has 5 rings (SSSR count). The zero-order valence-corrected chi connectivity index (χ0v) is 20.1. The number of likely N-dealkylation sites (N-methyl/N-ethyl adjacent to an activating group) is 1. The van der Waals surface area contributed by atoms with Gasteiger partial charge in [-0.1, -0.05) is 78.9 Å². The standard InChI is InChI=1S/C30H29N3O2/c1-32(20-22-8-4-3-5-9-22)21-30(34)33-29(24-14-16-27(35-2)17-15-24)19-28(31-33)26-13-12-23-10-6-7-11-25(23)18-26/h3-18,29H,19-21H2,1-2H3/t29-/m0/s1. The zero-order valence-electron chi connectivity index (χ0n) is 20.1. The van der Waals surface area contributed by atoms with Gasteiger partial charge in [0.15, 0.2) is 0 Å². The highest BCUT2D eigenvalue weighted by Gasteiger charge is 2.33. The van der Waals surface area contributed by atoms with Gasteiger partial charge in [-0.25, -0.2) is 5.01 Å². The average molecular weight is 464 g/mol. The van der Waals surface area contributed by atoms with Crippen LogP contribution in [-0.2, 0) is 11.3 Å². The van der Waals surface area contributed by atoms with Gasteiger partial charge in [0.25, 0.3) is 5.91 Å². The number of hydrogen-bond acceptors (Lipinski definition) is 4. The van der Waals surface area contributed by atoms with Crippen molar-refractivity contribution in [1.29, 1.82) is 0 Å². The molecule has 0 aliphatic carbocycles. The van der Waals surface area contributed by atoms with Crippen molar-refractivity contribution in [2.75, 3.05) is 20.7 Å². The van der Waals surface area contributed by atoms with Crippen molar-refractivity contribution in [2.45, 2.75) is 19.0 Å². The molecule has 0 saturated carbocycles. The van der Waals surface area contributed by atoms with Crippen molar-refractivity contribution >= 4 is 22.4 Å². The lowest BCUT2D eigenvalue weighted by Gasteiger charge is -2.25. The number of hydrazone groups is 1. The predicted octanol–water partition coefficient (Wildman–Crippen LogP) is 5.66. The molecule has 1 aliphatic rings. The van der Waals surface area contributed by atoms with E-state index in [1.54, 1.807) is 12.1 Å². The van der Waals surface area contributed by atoms with Gasteiger partial charge >= 0.3 is 0 Å². The molecule has 1 atom stereocenters. The summed E-state index contributed by atoms with van der Waals surface area (Å²) in [6.07, 6.45) is 0.665. The molecule has 0 spiro atoms. The Bertz CT molecular complexity index is 1350. The molecule has 0 unspecified atom stereocenters. The molecule has 1 aliphatic heterocycles. The van der Waals surface area contributed by atoms with Gasteiger partial charge in [0.2, 0.25) is 0 Å². The average Bonchev–Trinajstić information content (AvgIpc) is 3.35. The van der Waals surface area contributed by atoms with E-state index in [0.29, 0.717) is 13.0 Å². The third kappa shape index (κ3) is 5.10. The van der Waals surface area contributed by atoms with Crippen LogP contribution < -0.4 is 4.74 Å². The second kappa shape index (κ2) is 10.1. The first-order valence-corrected chi connectivity index (χ1v) is 11.9. The quantitative estimate of drug-likeness (QED) is 0.355. The maximum absolute atomic E-state index is 13.5. The van der Waals surface area contributed by atoms with Crippen LogP contribution in [0.25, 0.3) is 10.8 Å². The molecule has 5 heteroatoms. The fraction of sp³-hybridized carbons (Fsp3) is 0.200. The zero-order chi connectivity index (χ0) is 24.2. The second-order valence-electron chi connectivity index (χ2n) is 9.00. The van der Waals surface area contributed by atoms with Crippen LogP contribution in [0.3, 0.4) is 0 Å². The van der Waals surface area contributed by atoms with Crippen molar-refractivity contribution in [1.82, 2.24) is 9.91 Å². The minimum Gasteiger partial charge on any atom is -0.497 e. The first kappa shape index (κ1) is 22.8. The third-order valence-corrected chi connectivity index (χ3v) is 6.45. The van der Waals surface area contributed by atoms with Crippen LogP contribution in [0.1, 0.15) is 29.2 Å². The number of fused-ring (bicyclic) bond motifs is 1. The molecule has 4 aromatic rings. The Balaban J connectivity index is 1.42. The van der Waals surface area contributed by atoms with Gasteiger partial charge in [-0.2, -0.15) is 5.10 Å². The lowest BCUT2D eigenvalue weighted by Crippen LogP contribution is -2.36. The number of nitrogens with zero attached hydrogens (tertiary/aromatic N) is 3. The highest BCUT2D eigenvalue weighted by atomic mass is 16.5. The Morgan fingerprint density at radius 1 is 0.943 bits per heavy atom. The summed E-state index contributed by atoms with van der Waals surface area (Å²) in [6, 6.07) is 32.6. The van der Waals surface area contributed by atoms with E-state index in [1.165, 1.54) is 16.3 Å². The number of carbonyl (C=O) groups is 1. The molecule has 0 bridgehead atoms. The topological polar surface area (TPSA) is 45.1 Å². The number of ether oxygens (including phenoxy) is 1. The predicted molar refractivity (Wildman–Crippen MR) is 140 cm³/mol. The molecule has 0 saturated heterocycles. The van der Waals surface area contributed by atoms with Gasteiger partial charge in [0.05, 0.1) is 25.4 Å². The molecule has 5 nitrogen and oxygen atoms in total. The van der Waals surface area contributed by atoms with Crippen LogP contribution >= 0.6 is 0 Å². The summed E-state index contributed by atoms with van der Waals surface area (Å²) < 4.78 is 5.33. The number of methoxy groups -OCH3 is 1. The summed E-state index contributed by atoms with van der Waals surface area (Å²) >= 11 is 0. The van der Waals surface area contributed by atoms with E-state index in [1.807, 2.05) is 66.5 Å². The van der Waals surface area contributed by atoms with E-state index < -0.39 is 0 Å². The largest absolute Gasteiger partial charge is 0.497 e. The van der Waals surface area contributed by atoms with E-state index >= 15 is 0 Å². The number of rotatable bonds is 7. The third-order valence-electron chi connectivity index (χ3n) is 6.45. The maximum Gasteiger partial charge on any atom is 0.257 e. The second-order valence-corrected chi connectivity index (χ2v) is 9.00. The Morgan fingerprint density at radius 2 is 1.66 bits per heavy atom. The lowest BCUT2D eigenvalue weighted by atomic mass is 9.97. The van der Waals surface area contributed by atoms with Gasteiger partial charge < -0.3 is 4.74 Å². The molecular formula is C30H29N3O2. The van der Waals surface area contributed by atoms with E-state index in [4.69, 9.17) is 9.84 Å². The first-order chi connectivity index (χ1) is 17.1. The van der Waals surface area contributed by atoms with Crippen LogP contribution in [0, 0.1) is 0 Å². The molecule has 176 valence electrons. The minimum atomic E-state index is -0.153. The molecule has 4 aromatic carbocycles. The summed E-state index contributed by atoms with van der Waals surface area (Å²) in [7, 11) is 3.63. The molecule has 0 fully saturated rings. The van der Waals surface area contributed by atoms with Crippen molar-refractivity contribution in [3.63, 3.8) is 0 Å². The van der Waals surface area contributed by atoms with Crippen molar-refractivity contribution in [3.05, 3.63) is 114 Å². The summed E-state index contributed by atoms with van der Waals surface area (Å²) in [4.78, 5) is 15.5. The molecule has 1 heterocycles. The summed E-state index contributed by atoms with van der Waals surface area (Å²) in [5.41, 5.74) is 4.20. The monoisotopic (exact) mass is 463 g/mol. The molecule has 0 aromatic heterocycles. The summed E-state index contributed by atoms with van der Waals surface area (Å²) in [5, 5.41) is 8.90. The van der Waals surface area contributed by atoms with Crippen molar-refractivity contribution in [2.24, 2.45) is 5.10 Å². The van der Waals surface area contributed by atoms with Crippen LogP contribution in [0.15, 0.2) is 102 Å². The lowest BCUT2D eigenvalue weighted by molar-refractivity contribution is -0.134. The van der Waals surface area contributed by atoms with Gasteiger partial charge in [0, 0.05) is 13.0 Å². The highest BCUT2D eigenvalue weighted by Crippen LogP contribution is 2.34. The Kier molecular flexibility index (Phi) is 6.59. The van der Waals surface area contributed by atoms with Crippen LogP contribution in [0.2, 0.25) is 0 Å². The highest BCUT2D eigenvalue weighted by molar-refractivity contribution is 6.05. The molecule has 35 heavy (non-hydrogen) atoms. The first-order valence-electron chi connectivity index (χ1n) is 11.9. The Hall–Kier alpha value is -3.96. The van der Waals surface area contributed by atoms with E-state index in [9.17, 15) is 4.79 Å². The maximum atomic E-state index is 13.5. The van der Waals surface area contributed by atoms with Crippen LogP contribution in [0.5, 0.6) is 5.75 Å². The van der Waals surface area contributed by atoms with Crippen LogP contribution in [0.4, 0.5) is 0 Å². The van der Waals surface area contributed by atoms with Gasteiger partial charge in [-0.3, -0.25) is 9.69 Å². The van der Waals surface area contributed by atoms with E-state index in [-0.39, 0.29) is 18.5 Å². The molecule has 0 N–H and O–H groups in total. The molecular weight excluding hydrogens is 434 g/mol. The molecule has 1 amide bonds. The smallest absolute Gasteiger partial charge is 0.257 e. The van der Waals surface area contributed by atoms with Gasteiger partial charge in [-0.05, 0) is 52.7 Å². The summed E-state index contributed by atoms with van der Waals surface area (Å²) in [6.45, 7) is 0.991. The number of carbonyl (C=O) groups excluding carboxylic acids is 1. The Morgan fingerprint density at radius 3 is 2.40 bits per heavy atom.